The molecule has 0 saturated carbocycles. The van der Waals surface area contributed by atoms with Crippen LogP contribution in [-0.4, -0.2) is 27.8 Å². The largest absolute Gasteiger partial charge is 0.493 e. The number of hydrogen-bond donors (Lipinski definition) is 1. The van der Waals surface area contributed by atoms with E-state index in [9.17, 15) is 4.39 Å². The van der Waals surface area contributed by atoms with Crippen molar-refractivity contribution in [3.8, 4) is 11.5 Å². The van der Waals surface area contributed by atoms with Gasteiger partial charge in [-0.05, 0) is 35.9 Å². The van der Waals surface area contributed by atoms with Gasteiger partial charge in [0, 0.05) is 11.6 Å². The SMILES string of the molecule is CNCCc1c(F)c(Br)cc(OC)c1OC. The molecule has 1 aromatic carbocycles. The van der Waals surface area contributed by atoms with Gasteiger partial charge in [0.25, 0.3) is 0 Å². The van der Waals surface area contributed by atoms with E-state index in [4.69, 9.17) is 9.47 Å². The zero-order valence-electron chi connectivity index (χ0n) is 9.56. The summed E-state index contributed by atoms with van der Waals surface area (Å²) in [5.74, 6) is 0.688. The molecule has 3 nitrogen and oxygen atoms in total. The molecule has 1 aromatic rings. The van der Waals surface area contributed by atoms with E-state index in [0.717, 1.165) is 0 Å². The molecule has 0 radical (unpaired) electrons. The summed E-state index contributed by atoms with van der Waals surface area (Å²) in [6, 6.07) is 1.57. The molecule has 0 bridgehead atoms. The fourth-order valence-electron chi connectivity index (χ4n) is 1.49. The minimum Gasteiger partial charge on any atom is -0.493 e. The molecule has 90 valence electrons. The molecule has 16 heavy (non-hydrogen) atoms. The van der Waals surface area contributed by atoms with Gasteiger partial charge in [-0.1, -0.05) is 0 Å². The molecule has 0 unspecified atom stereocenters. The van der Waals surface area contributed by atoms with E-state index >= 15 is 0 Å². The molecule has 0 aromatic heterocycles. The number of methoxy groups -OCH3 is 2. The summed E-state index contributed by atoms with van der Waals surface area (Å²) < 4.78 is 24.6. The molecule has 0 heterocycles. The second-order valence-electron chi connectivity index (χ2n) is 3.24. The normalized spacial score (nSPS) is 10.3. The standard InChI is InChI=1S/C11H15BrFNO2/c1-14-5-4-7-10(13)8(12)6-9(15-2)11(7)16-3/h6,14H,4-5H2,1-3H3. The third-order valence-corrected chi connectivity index (χ3v) is 2.86. The van der Waals surface area contributed by atoms with Gasteiger partial charge in [0.1, 0.15) is 5.82 Å². The second kappa shape index (κ2) is 6.06. The Morgan fingerprint density at radius 3 is 2.56 bits per heavy atom. The Bertz CT molecular complexity index is 371. The van der Waals surface area contributed by atoms with Crippen molar-refractivity contribution in [2.24, 2.45) is 0 Å². The minimum atomic E-state index is -0.298. The molecule has 1 N–H and O–H groups in total. The molecule has 0 aliphatic heterocycles. The lowest BCUT2D eigenvalue weighted by Gasteiger charge is -2.14. The molecule has 0 fully saturated rings. The highest BCUT2D eigenvalue weighted by Gasteiger charge is 2.18. The molecular weight excluding hydrogens is 277 g/mol. The highest BCUT2D eigenvalue weighted by atomic mass is 79.9. The first kappa shape index (κ1) is 13.3. The topological polar surface area (TPSA) is 30.5 Å². The van der Waals surface area contributed by atoms with Gasteiger partial charge in [-0.25, -0.2) is 4.39 Å². The minimum absolute atomic E-state index is 0.298. The lowest BCUT2D eigenvalue weighted by atomic mass is 10.1. The number of ether oxygens (including phenoxy) is 2. The lowest BCUT2D eigenvalue weighted by molar-refractivity contribution is 0.347. The van der Waals surface area contributed by atoms with Crippen LogP contribution >= 0.6 is 15.9 Å². The van der Waals surface area contributed by atoms with Crippen LogP contribution in [-0.2, 0) is 6.42 Å². The van der Waals surface area contributed by atoms with Crippen molar-refractivity contribution in [2.75, 3.05) is 27.8 Å². The Balaban J connectivity index is 3.23. The molecule has 5 heteroatoms. The summed E-state index contributed by atoms with van der Waals surface area (Å²) in [7, 11) is 4.86. The number of benzene rings is 1. The fourth-order valence-corrected chi connectivity index (χ4v) is 1.93. The van der Waals surface area contributed by atoms with E-state index in [-0.39, 0.29) is 5.82 Å². The van der Waals surface area contributed by atoms with E-state index in [0.29, 0.717) is 34.5 Å². The lowest BCUT2D eigenvalue weighted by Crippen LogP contribution is -2.12. The van der Waals surface area contributed by atoms with Crippen LogP contribution in [0.1, 0.15) is 5.56 Å². The van der Waals surface area contributed by atoms with Gasteiger partial charge < -0.3 is 14.8 Å². The van der Waals surface area contributed by atoms with Crippen molar-refractivity contribution >= 4 is 15.9 Å². The monoisotopic (exact) mass is 291 g/mol. The van der Waals surface area contributed by atoms with E-state index in [2.05, 4.69) is 21.2 Å². The quantitative estimate of drug-likeness (QED) is 0.903. The van der Waals surface area contributed by atoms with Crippen molar-refractivity contribution in [1.82, 2.24) is 5.32 Å². The van der Waals surface area contributed by atoms with Crippen LogP contribution in [0.25, 0.3) is 0 Å². The van der Waals surface area contributed by atoms with Gasteiger partial charge in [0.2, 0.25) is 0 Å². The fraction of sp³-hybridized carbons (Fsp3) is 0.455. The maximum atomic E-state index is 13.9. The summed E-state index contributed by atoms with van der Waals surface area (Å²) in [6.45, 7) is 0.673. The Morgan fingerprint density at radius 2 is 2.06 bits per heavy atom. The van der Waals surface area contributed by atoms with Gasteiger partial charge in [0.05, 0.1) is 18.7 Å². The predicted molar refractivity (Wildman–Crippen MR) is 64.8 cm³/mol. The van der Waals surface area contributed by atoms with Crippen LogP contribution in [0.4, 0.5) is 4.39 Å². The van der Waals surface area contributed by atoms with Crippen LogP contribution in [0.2, 0.25) is 0 Å². The molecular formula is C11H15BrFNO2. The number of likely N-dealkylation sites (N-methyl/N-ethyl adjacent to an activating group) is 1. The zero-order valence-corrected chi connectivity index (χ0v) is 11.1. The summed E-state index contributed by atoms with van der Waals surface area (Å²) in [5, 5.41) is 2.97. The van der Waals surface area contributed by atoms with Gasteiger partial charge >= 0.3 is 0 Å². The van der Waals surface area contributed by atoms with Crippen molar-refractivity contribution in [2.45, 2.75) is 6.42 Å². The van der Waals surface area contributed by atoms with E-state index in [1.54, 1.807) is 6.07 Å². The summed E-state index contributed by atoms with van der Waals surface area (Å²) >= 11 is 3.16. The second-order valence-corrected chi connectivity index (χ2v) is 4.09. The molecule has 0 spiro atoms. The highest BCUT2D eigenvalue weighted by Crippen LogP contribution is 2.37. The first-order valence-electron chi connectivity index (χ1n) is 4.89. The molecule has 0 aliphatic carbocycles. The zero-order chi connectivity index (χ0) is 12.1. The van der Waals surface area contributed by atoms with Crippen LogP contribution < -0.4 is 14.8 Å². The summed E-state index contributed by atoms with van der Waals surface area (Å²) in [4.78, 5) is 0. The van der Waals surface area contributed by atoms with Crippen molar-refractivity contribution < 1.29 is 13.9 Å². The van der Waals surface area contributed by atoms with Gasteiger partial charge in [0.15, 0.2) is 11.5 Å². The maximum Gasteiger partial charge on any atom is 0.166 e. The van der Waals surface area contributed by atoms with Crippen LogP contribution in [0.15, 0.2) is 10.5 Å². The van der Waals surface area contributed by atoms with Crippen molar-refractivity contribution in [3.63, 3.8) is 0 Å². The molecule has 0 atom stereocenters. The highest BCUT2D eigenvalue weighted by molar-refractivity contribution is 9.10. The summed E-state index contributed by atoms with van der Waals surface area (Å²) in [5.41, 5.74) is 0.517. The number of rotatable bonds is 5. The Morgan fingerprint density at radius 1 is 1.38 bits per heavy atom. The first-order chi connectivity index (χ1) is 7.65. The average molecular weight is 292 g/mol. The van der Waals surface area contributed by atoms with E-state index in [1.165, 1.54) is 14.2 Å². The smallest absolute Gasteiger partial charge is 0.166 e. The van der Waals surface area contributed by atoms with Crippen molar-refractivity contribution in [1.29, 1.82) is 0 Å². The average Bonchev–Trinajstić information content (AvgIpc) is 2.30. The summed E-state index contributed by atoms with van der Waals surface area (Å²) in [6.07, 6.45) is 0.543. The predicted octanol–water partition coefficient (Wildman–Crippen LogP) is 2.37. The molecule has 0 aliphatic rings. The van der Waals surface area contributed by atoms with Crippen LogP contribution in [0.5, 0.6) is 11.5 Å². The van der Waals surface area contributed by atoms with Crippen LogP contribution in [0.3, 0.4) is 0 Å². The molecule has 1 rings (SSSR count). The van der Waals surface area contributed by atoms with Gasteiger partial charge in [-0.15, -0.1) is 0 Å². The third-order valence-electron chi connectivity index (χ3n) is 2.28. The Kier molecular flexibility index (Phi) is 5.02. The Hall–Kier alpha value is -0.810. The number of nitrogens with one attached hydrogen (secondary N) is 1. The Labute approximate surface area is 103 Å². The van der Waals surface area contributed by atoms with Gasteiger partial charge in [-0.3, -0.25) is 0 Å². The molecule has 0 amide bonds. The first-order valence-corrected chi connectivity index (χ1v) is 5.68. The van der Waals surface area contributed by atoms with Crippen molar-refractivity contribution in [3.05, 3.63) is 21.9 Å². The van der Waals surface area contributed by atoms with E-state index in [1.807, 2.05) is 7.05 Å². The van der Waals surface area contributed by atoms with Gasteiger partial charge in [-0.2, -0.15) is 0 Å². The van der Waals surface area contributed by atoms with Crippen LogP contribution in [0, 0.1) is 5.82 Å². The number of halogens is 2. The van der Waals surface area contributed by atoms with E-state index < -0.39 is 0 Å². The molecule has 0 saturated heterocycles. The third kappa shape index (κ3) is 2.65. The number of hydrogen-bond acceptors (Lipinski definition) is 3. The maximum absolute atomic E-state index is 13.9.